The van der Waals surface area contributed by atoms with E-state index in [0.717, 1.165) is 17.7 Å². The molecule has 0 aliphatic carbocycles. The second-order valence-electron chi connectivity index (χ2n) is 2.47. The van der Waals surface area contributed by atoms with E-state index < -0.39 is 0 Å². The zero-order valence-corrected chi connectivity index (χ0v) is 6.44. The van der Waals surface area contributed by atoms with Crippen molar-refractivity contribution in [2.75, 3.05) is 5.73 Å². The molecular formula is C8H8N4. The first-order valence-electron chi connectivity index (χ1n) is 3.65. The summed E-state index contributed by atoms with van der Waals surface area (Å²) in [6.07, 6.45) is 7.52. The molecule has 4 nitrogen and oxygen atoms in total. The molecule has 0 spiro atoms. The van der Waals surface area contributed by atoms with E-state index in [1.165, 1.54) is 6.33 Å². The van der Waals surface area contributed by atoms with Crippen molar-refractivity contribution >= 4 is 18.1 Å². The van der Waals surface area contributed by atoms with Crippen LogP contribution in [0.2, 0.25) is 0 Å². The van der Waals surface area contributed by atoms with Gasteiger partial charge in [0.05, 0.1) is 5.69 Å². The second kappa shape index (κ2) is 2.73. The molecule has 0 saturated heterocycles. The molecule has 0 bridgehead atoms. The van der Waals surface area contributed by atoms with Crippen molar-refractivity contribution in [3.63, 3.8) is 0 Å². The van der Waals surface area contributed by atoms with Crippen LogP contribution in [0.25, 0.3) is 6.08 Å². The van der Waals surface area contributed by atoms with Crippen LogP contribution >= 0.6 is 0 Å². The van der Waals surface area contributed by atoms with Crippen LogP contribution in [-0.2, 0) is 6.42 Å². The van der Waals surface area contributed by atoms with Gasteiger partial charge in [-0.3, -0.25) is 4.99 Å². The van der Waals surface area contributed by atoms with Crippen LogP contribution in [0.3, 0.4) is 0 Å². The van der Waals surface area contributed by atoms with Crippen molar-refractivity contribution in [2.24, 2.45) is 4.99 Å². The number of aromatic nitrogens is 2. The van der Waals surface area contributed by atoms with E-state index in [0.29, 0.717) is 5.82 Å². The maximum atomic E-state index is 5.65. The van der Waals surface area contributed by atoms with E-state index in [1.807, 2.05) is 6.08 Å². The molecule has 2 N–H and O–H groups in total. The lowest BCUT2D eigenvalue weighted by molar-refractivity contribution is 1.07. The molecule has 4 heteroatoms. The van der Waals surface area contributed by atoms with Gasteiger partial charge in [-0.2, -0.15) is 0 Å². The molecule has 60 valence electrons. The molecule has 0 unspecified atom stereocenters. The zero-order valence-electron chi connectivity index (χ0n) is 6.44. The summed E-state index contributed by atoms with van der Waals surface area (Å²) in [5.74, 6) is 0.516. The number of hydrogen-bond donors (Lipinski definition) is 1. The molecule has 1 aromatic rings. The van der Waals surface area contributed by atoms with Gasteiger partial charge >= 0.3 is 0 Å². The monoisotopic (exact) mass is 160 g/mol. The Hall–Kier alpha value is -1.71. The minimum absolute atomic E-state index is 0.516. The number of nitrogens with two attached hydrogens (primary N) is 1. The van der Waals surface area contributed by atoms with Gasteiger partial charge in [-0.05, 0) is 6.08 Å². The first-order valence-corrected chi connectivity index (χ1v) is 3.65. The fourth-order valence-corrected chi connectivity index (χ4v) is 1.11. The number of hydrogen-bond acceptors (Lipinski definition) is 4. The molecule has 0 radical (unpaired) electrons. The molecule has 0 atom stereocenters. The van der Waals surface area contributed by atoms with E-state index in [-0.39, 0.29) is 0 Å². The topological polar surface area (TPSA) is 64.2 Å². The third-order valence-corrected chi connectivity index (χ3v) is 1.71. The maximum absolute atomic E-state index is 5.65. The van der Waals surface area contributed by atoms with Crippen molar-refractivity contribution in [1.29, 1.82) is 0 Å². The highest BCUT2D eigenvalue weighted by Crippen LogP contribution is 2.15. The van der Waals surface area contributed by atoms with Gasteiger partial charge in [0.2, 0.25) is 0 Å². The van der Waals surface area contributed by atoms with Gasteiger partial charge < -0.3 is 5.73 Å². The molecule has 12 heavy (non-hydrogen) atoms. The zero-order chi connectivity index (χ0) is 8.39. The number of fused-ring (bicyclic) bond motifs is 1. The highest BCUT2D eigenvalue weighted by Gasteiger charge is 2.05. The Bertz CT molecular complexity index is 354. The van der Waals surface area contributed by atoms with Crippen LogP contribution in [-0.4, -0.2) is 16.2 Å². The van der Waals surface area contributed by atoms with Crippen molar-refractivity contribution in [2.45, 2.75) is 6.42 Å². The smallest absolute Gasteiger partial charge is 0.134 e. The molecule has 0 aromatic carbocycles. The Morgan fingerprint density at radius 3 is 3.17 bits per heavy atom. The Balaban J connectivity index is 2.59. The SMILES string of the molecule is Nc1ncnc2c1C=CN=CC2. The van der Waals surface area contributed by atoms with E-state index in [9.17, 15) is 0 Å². The molecule has 1 aromatic heterocycles. The summed E-state index contributed by atoms with van der Waals surface area (Å²) in [7, 11) is 0. The first-order chi connectivity index (χ1) is 5.88. The van der Waals surface area contributed by atoms with Gasteiger partial charge in [-0.1, -0.05) is 0 Å². The summed E-state index contributed by atoms with van der Waals surface area (Å²) in [5.41, 5.74) is 7.47. The largest absolute Gasteiger partial charge is 0.383 e. The molecule has 1 aliphatic heterocycles. The van der Waals surface area contributed by atoms with Gasteiger partial charge in [-0.25, -0.2) is 9.97 Å². The van der Waals surface area contributed by atoms with Crippen molar-refractivity contribution in [3.8, 4) is 0 Å². The van der Waals surface area contributed by atoms with Gasteiger partial charge in [0.25, 0.3) is 0 Å². The predicted octanol–water partition coefficient (Wildman–Crippen LogP) is 0.656. The van der Waals surface area contributed by atoms with Crippen LogP contribution in [0.15, 0.2) is 17.5 Å². The third kappa shape index (κ3) is 1.07. The molecule has 0 amide bonds. The Morgan fingerprint density at radius 1 is 1.33 bits per heavy atom. The Morgan fingerprint density at radius 2 is 2.25 bits per heavy atom. The number of aliphatic imine (C=N–C) groups is 1. The summed E-state index contributed by atoms with van der Waals surface area (Å²) in [4.78, 5) is 12.0. The van der Waals surface area contributed by atoms with Crippen LogP contribution in [0.1, 0.15) is 11.3 Å². The lowest BCUT2D eigenvalue weighted by Crippen LogP contribution is -2.01. The maximum Gasteiger partial charge on any atom is 0.134 e. The van der Waals surface area contributed by atoms with Crippen molar-refractivity contribution < 1.29 is 0 Å². The summed E-state index contributed by atoms with van der Waals surface area (Å²) < 4.78 is 0. The molecule has 2 heterocycles. The predicted molar refractivity (Wildman–Crippen MR) is 47.7 cm³/mol. The van der Waals surface area contributed by atoms with Crippen molar-refractivity contribution in [1.82, 2.24) is 9.97 Å². The normalized spacial score (nSPS) is 14.0. The van der Waals surface area contributed by atoms with E-state index in [1.54, 1.807) is 12.4 Å². The van der Waals surface area contributed by atoms with Crippen LogP contribution in [0, 0.1) is 0 Å². The third-order valence-electron chi connectivity index (χ3n) is 1.71. The molecule has 0 saturated carbocycles. The summed E-state index contributed by atoms with van der Waals surface area (Å²) in [6.45, 7) is 0. The van der Waals surface area contributed by atoms with E-state index in [2.05, 4.69) is 15.0 Å². The number of rotatable bonds is 0. The quantitative estimate of drug-likeness (QED) is 0.606. The lowest BCUT2D eigenvalue weighted by atomic mass is 10.2. The fourth-order valence-electron chi connectivity index (χ4n) is 1.11. The van der Waals surface area contributed by atoms with Crippen LogP contribution < -0.4 is 5.73 Å². The second-order valence-corrected chi connectivity index (χ2v) is 2.47. The minimum Gasteiger partial charge on any atom is -0.383 e. The van der Waals surface area contributed by atoms with Crippen LogP contribution in [0.4, 0.5) is 5.82 Å². The molecule has 1 aliphatic rings. The lowest BCUT2D eigenvalue weighted by Gasteiger charge is -2.01. The van der Waals surface area contributed by atoms with Gasteiger partial charge in [-0.15, -0.1) is 0 Å². The van der Waals surface area contributed by atoms with Gasteiger partial charge in [0.1, 0.15) is 12.1 Å². The average molecular weight is 160 g/mol. The summed E-state index contributed by atoms with van der Waals surface area (Å²) in [6, 6.07) is 0. The van der Waals surface area contributed by atoms with Crippen molar-refractivity contribution in [3.05, 3.63) is 23.8 Å². The molecular weight excluding hydrogens is 152 g/mol. The molecule has 2 rings (SSSR count). The van der Waals surface area contributed by atoms with Gasteiger partial charge in [0, 0.05) is 24.4 Å². The van der Waals surface area contributed by atoms with E-state index in [4.69, 9.17) is 5.73 Å². The number of nitrogen functional groups attached to an aromatic ring is 1. The van der Waals surface area contributed by atoms with E-state index >= 15 is 0 Å². The summed E-state index contributed by atoms with van der Waals surface area (Å²) in [5, 5.41) is 0. The number of nitrogens with zero attached hydrogens (tertiary/aromatic N) is 3. The minimum atomic E-state index is 0.516. The molecule has 0 fully saturated rings. The van der Waals surface area contributed by atoms with Crippen LogP contribution in [0.5, 0.6) is 0 Å². The Kier molecular flexibility index (Phi) is 1.59. The standard InChI is InChI=1S/C8H8N4/c9-8-6-1-3-10-4-2-7(6)11-5-12-8/h1,3-5H,2H2,(H2,9,11,12). The average Bonchev–Trinajstić information content (AvgIpc) is 2.30. The summed E-state index contributed by atoms with van der Waals surface area (Å²) >= 11 is 0. The number of anilines is 1. The highest BCUT2D eigenvalue weighted by molar-refractivity contribution is 5.72. The van der Waals surface area contributed by atoms with Gasteiger partial charge in [0.15, 0.2) is 0 Å². The first kappa shape index (κ1) is 6.97. The highest BCUT2D eigenvalue weighted by atomic mass is 14.9. The Labute approximate surface area is 69.9 Å². The fraction of sp³-hybridized carbons (Fsp3) is 0.125.